The number of aliphatic hydroxyl groups excluding tert-OH is 1. The summed E-state index contributed by atoms with van der Waals surface area (Å²) in [6.45, 7) is 3.87. The molecule has 1 aliphatic rings. The minimum absolute atomic E-state index is 0.0355. The van der Waals surface area contributed by atoms with Crippen molar-refractivity contribution in [3.63, 3.8) is 0 Å². The zero-order chi connectivity index (χ0) is 20.5. The number of Topliss-reactive ketones (excluding diaryl/α,β-unsaturated/α-hetero) is 1. The normalized spacial score (nSPS) is 18.3. The second kappa shape index (κ2) is 7.31. The standard InChI is InChI=1S/C23H19N3O3/c1-14-10-15(2)12-18(11-14)26-20(17-4-3-7-25-13-17)19(22(28)23(26)29)21(27)16-5-8-24-9-6-16/h3-13,20,27H,1-2H3/b21-19+. The number of nitrogens with zero attached hydrogens (tertiary/aromatic N) is 3. The van der Waals surface area contributed by atoms with Gasteiger partial charge in [-0.05, 0) is 60.9 Å². The number of aryl methyl sites for hydroxylation is 2. The molecule has 3 aromatic rings. The summed E-state index contributed by atoms with van der Waals surface area (Å²) in [5.74, 6) is -1.64. The minimum Gasteiger partial charge on any atom is -0.507 e. The number of carbonyl (C=O) groups is 2. The van der Waals surface area contributed by atoms with Crippen LogP contribution in [0.4, 0.5) is 5.69 Å². The molecule has 3 heterocycles. The van der Waals surface area contributed by atoms with E-state index in [0.717, 1.165) is 11.1 Å². The smallest absolute Gasteiger partial charge is 0.300 e. The number of amides is 1. The highest BCUT2D eigenvalue weighted by molar-refractivity contribution is 6.51. The van der Waals surface area contributed by atoms with Crippen LogP contribution >= 0.6 is 0 Å². The third kappa shape index (κ3) is 3.29. The van der Waals surface area contributed by atoms with Crippen LogP contribution in [0.15, 0.2) is 72.8 Å². The molecular weight excluding hydrogens is 366 g/mol. The Bertz CT molecular complexity index is 1100. The van der Waals surface area contributed by atoms with E-state index in [1.807, 2.05) is 32.0 Å². The van der Waals surface area contributed by atoms with Crippen LogP contribution in [-0.2, 0) is 9.59 Å². The van der Waals surface area contributed by atoms with Gasteiger partial charge in [0.1, 0.15) is 5.76 Å². The predicted molar refractivity (Wildman–Crippen MR) is 109 cm³/mol. The van der Waals surface area contributed by atoms with Crippen LogP contribution in [0.3, 0.4) is 0 Å². The zero-order valence-electron chi connectivity index (χ0n) is 16.0. The summed E-state index contributed by atoms with van der Waals surface area (Å²) in [6.07, 6.45) is 6.27. The van der Waals surface area contributed by atoms with Crippen molar-refractivity contribution in [3.05, 3.63) is 95.1 Å². The number of anilines is 1. The van der Waals surface area contributed by atoms with E-state index in [1.54, 1.807) is 36.7 Å². The molecule has 0 radical (unpaired) electrons. The first-order valence-corrected chi connectivity index (χ1v) is 9.17. The number of ketones is 1. The molecule has 6 heteroatoms. The summed E-state index contributed by atoms with van der Waals surface area (Å²) in [5.41, 5.74) is 3.65. The van der Waals surface area contributed by atoms with E-state index in [4.69, 9.17) is 0 Å². The number of aromatic nitrogens is 2. The van der Waals surface area contributed by atoms with Crippen LogP contribution in [0.1, 0.15) is 28.3 Å². The number of pyridine rings is 2. The molecule has 1 unspecified atom stereocenters. The monoisotopic (exact) mass is 385 g/mol. The first kappa shape index (κ1) is 18.6. The zero-order valence-corrected chi connectivity index (χ0v) is 16.0. The lowest BCUT2D eigenvalue weighted by Crippen LogP contribution is -2.29. The fraction of sp³-hybridized carbons (Fsp3) is 0.130. The average molecular weight is 385 g/mol. The maximum absolute atomic E-state index is 13.1. The summed E-state index contributed by atoms with van der Waals surface area (Å²) in [4.78, 5) is 35.6. The molecule has 1 atom stereocenters. The van der Waals surface area contributed by atoms with Crippen LogP contribution in [-0.4, -0.2) is 26.8 Å². The topological polar surface area (TPSA) is 83.4 Å². The Morgan fingerprint density at radius 3 is 2.28 bits per heavy atom. The summed E-state index contributed by atoms with van der Waals surface area (Å²) >= 11 is 0. The van der Waals surface area contributed by atoms with Crippen molar-refractivity contribution in [3.8, 4) is 0 Å². The van der Waals surface area contributed by atoms with Gasteiger partial charge in [-0.3, -0.25) is 24.5 Å². The van der Waals surface area contributed by atoms with E-state index in [2.05, 4.69) is 9.97 Å². The maximum atomic E-state index is 13.1. The lowest BCUT2D eigenvalue weighted by Gasteiger charge is -2.25. The Labute approximate surface area is 168 Å². The number of hydrogen-bond acceptors (Lipinski definition) is 5. The largest absolute Gasteiger partial charge is 0.507 e. The molecule has 4 rings (SSSR count). The Balaban J connectivity index is 1.97. The SMILES string of the molecule is Cc1cc(C)cc(N2C(=O)C(=O)/C(=C(/O)c3ccncc3)C2c2cccnc2)c1. The number of carbonyl (C=O) groups excluding carboxylic acids is 2. The molecule has 6 nitrogen and oxygen atoms in total. The van der Waals surface area contributed by atoms with Gasteiger partial charge in [-0.25, -0.2) is 0 Å². The summed E-state index contributed by atoms with van der Waals surface area (Å²) in [6, 6.07) is 11.7. The van der Waals surface area contributed by atoms with Crippen LogP contribution in [0.5, 0.6) is 0 Å². The van der Waals surface area contributed by atoms with E-state index in [0.29, 0.717) is 16.8 Å². The van der Waals surface area contributed by atoms with Gasteiger partial charge in [0.2, 0.25) is 0 Å². The maximum Gasteiger partial charge on any atom is 0.300 e. The fourth-order valence-corrected chi connectivity index (χ4v) is 3.71. The van der Waals surface area contributed by atoms with Crippen LogP contribution in [0, 0.1) is 13.8 Å². The fourth-order valence-electron chi connectivity index (χ4n) is 3.71. The van der Waals surface area contributed by atoms with E-state index < -0.39 is 17.7 Å². The van der Waals surface area contributed by atoms with Gasteiger partial charge >= 0.3 is 0 Å². The van der Waals surface area contributed by atoms with Crippen molar-refractivity contribution in [1.29, 1.82) is 0 Å². The number of hydrogen-bond donors (Lipinski definition) is 1. The van der Waals surface area contributed by atoms with Crippen LogP contribution in [0.25, 0.3) is 5.76 Å². The van der Waals surface area contributed by atoms with Crippen molar-refractivity contribution in [2.45, 2.75) is 19.9 Å². The number of aliphatic hydroxyl groups is 1. The Kier molecular flexibility index (Phi) is 4.68. The molecule has 0 spiro atoms. The molecule has 1 amide bonds. The van der Waals surface area contributed by atoms with Crippen LogP contribution < -0.4 is 4.90 Å². The summed E-state index contributed by atoms with van der Waals surface area (Å²) < 4.78 is 0. The number of rotatable bonds is 3. The second-order valence-electron chi connectivity index (χ2n) is 7.04. The minimum atomic E-state index is -0.780. The highest BCUT2D eigenvalue weighted by atomic mass is 16.3. The molecule has 1 N–H and O–H groups in total. The third-order valence-corrected chi connectivity index (χ3v) is 4.88. The van der Waals surface area contributed by atoms with E-state index in [9.17, 15) is 14.7 Å². The van der Waals surface area contributed by atoms with Gasteiger partial charge < -0.3 is 5.11 Å². The van der Waals surface area contributed by atoms with Gasteiger partial charge in [-0.15, -0.1) is 0 Å². The molecule has 1 aliphatic heterocycles. The van der Waals surface area contributed by atoms with Crippen LogP contribution in [0.2, 0.25) is 0 Å². The molecule has 144 valence electrons. The molecule has 29 heavy (non-hydrogen) atoms. The lowest BCUT2D eigenvalue weighted by molar-refractivity contribution is -0.132. The Hall–Kier alpha value is -3.80. The first-order valence-electron chi connectivity index (χ1n) is 9.17. The summed E-state index contributed by atoms with van der Waals surface area (Å²) in [5, 5.41) is 10.9. The first-order chi connectivity index (χ1) is 14.0. The van der Waals surface area contributed by atoms with Gasteiger partial charge in [0.15, 0.2) is 0 Å². The van der Waals surface area contributed by atoms with Gasteiger partial charge in [0.05, 0.1) is 11.6 Å². The Morgan fingerprint density at radius 1 is 0.966 bits per heavy atom. The molecule has 0 bridgehead atoms. The van der Waals surface area contributed by atoms with E-state index in [1.165, 1.54) is 17.3 Å². The molecule has 1 fully saturated rings. The van der Waals surface area contributed by atoms with Crippen molar-refractivity contribution in [2.75, 3.05) is 4.90 Å². The van der Waals surface area contributed by atoms with Gasteiger partial charge in [0, 0.05) is 36.0 Å². The average Bonchev–Trinajstić information content (AvgIpc) is 2.99. The highest BCUT2D eigenvalue weighted by Gasteiger charge is 2.47. The molecular formula is C23H19N3O3. The van der Waals surface area contributed by atoms with Crippen molar-refractivity contribution >= 4 is 23.1 Å². The van der Waals surface area contributed by atoms with E-state index >= 15 is 0 Å². The predicted octanol–water partition coefficient (Wildman–Crippen LogP) is 3.72. The highest BCUT2D eigenvalue weighted by Crippen LogP contribution is 2.42. The number of benzene rings is 1. The molecule has 0 saturated carbocycles. The third-order valence-electron chi connectivity index (χ3n) is 4.88. The van der Waals surface area contributed by atoms with Crippen molar-refractivity contribution in [2.24, 2.45) is 0 Å². The van der Waals surface area contributed by atoms with E-state index in [-0.39, 0.29) is 11.3 Å². The van der Waals surface area contributed by atoms with Gasteiger partial charge in [-0.1, -0.05) is 12.1 Å². The van der Waals surface area contributed by atoms with Crippen molar-refractivity contribution in [1.82, 2.24) is 9.97 Å². The molecule has 0 aliphatic carbocycles. The Morgan fingerprint density at radius 2 is 1.66 bits per heavy atom. The summed E-state index contributed by atoms with van der Waals surface area (Å²) in [7, 11) is 0. The molecule has 2 aromatic heterocycles. The second-order valence-corrected chi connectivity index (χ2v) is 7.04. The quantitative estimate of drug-likeness (QED) is 0.422. The molecule has 1 saturated heterocycles. The molecule has 1 aromatic carbocycles. The van der Waals surface area contributed by atoms with Gasteiger partial charge in [-0.2, -0.15) is 0 Å². The van der Waals surface area contributed by atoms with Crippen molar-refractivity contribution < 1.29 is 14.7 Å². The van der Waals surface area contributed by atoms with Gasteiger partial charge in [0.25, 0.3) is 11.7 Å². The lowest BCUT2D eigenvalue weighted by atomic mass is 9.96.